The van der Waals surface area contributed by atoms with Crippen LogP contribution in [-0.2, 0) is 14.2 Å². The summed E-state index contributed by atoms with van der Waals surface area (Å²) in [7, 11) is 0. The number of carbonyl (C=O) groups excluding carboxylic acids is 1. The molecule has 4 aliphatic heterocycles. The second-order valence-corrected chi connectivity index (χ2v) is 25.1. The van der Waals surface area contributed by atoms with Crippen molar-refractivity contribution >= 4 is 22.5 Å². The molecule has 12 heteroatoms. The number of rotatable bonds is 6. The van der Waals surface area contributed by atoms with Gasteiger partial charge in [-0.15, -0.1) is 0 Å². The molecule has 0 radical (unpaired) electrons. The molecule has 0 aromatic heterocycles. The third kappa shape index (κ3) is 6.24. The molecule has 11 aliphatic rings. The van der Waals surface area contributed by atoms with Crippen LogP contribution in [0.2, 0.25) is 0 Å². The molecule has 15 atom stereocenters. The van der Waals surface area contributed by atoms with Crippen molar-refractivity contribution in [3.05, 3.63) is 57.7 Å². The van der Waals surface area contributed by atoms with Crippen molar-refractivity contribution in [1.82, 2.24) is 0 Å². The summed E-state index contributed by atoms with van der Waals surface area (Å²) in [4.78, 5) is 25.2. The first-order chi connectivity index (χ1) is 33.1. The zero-order valence-electron chi connectivity index (χ0n) is 40.5. The topological polar surface area (TPSA) is 192 Å². The van der Waals surface area contributed by atoms with E-state index >= 15 is 0 Å². The van der Waals surface area contributed by atoms with Gasteiger partial charge in [0.2, 0.25) is 6.29 Å². The molecule has 2 aromatic carbocycles. The van der Waals surface area contributed by atoms with Crippen LogP contribution in [0.5, 0.6) is 11.5 Å². The fraction of sp³-hybridized carbons (Fsp3) is 0.719. The number of benzene rings is 2. The lowest BCUT2D eigenvalue weighted by molar-refractivity contribution is -0.336. The Kier molecular flexibility index (Phi) is 10.3. The second-order valence-electron chi connectivity index (χ2n) is 25.1. The number of fused-ring (bicyclic) bond motifs is 6. The number of aliphatic hydroxyl groups is 4. The minimum Gasteiger partial charge on any atom is -0.506 e. The minimum absolute atomic E-state index is 0.0591. The Morgan fingerprint density at radius 1 is 0.884 bits per heavy atom. The molecule has 372 valence electrons. The highest BCUT2D eigenvalue weighted by Crippen LogP contribution is 2.78. The molecule has 4 heterocycles. The molecule has 69 heavy (non-hydrogen) atoms. The van der Waals surface area contributed by atoms with Crippen LogP contribution < -0.4 is 4.74 Å². The molecular weight excluding hydrogens is 877 g/mol. The molecule has 6 N–H and O–H groups in total. The lowest BCUT2D eigenvalue weighted by Crippen LogP contribution is -2.71. The molecule has 0 amide bonds. The number of Topliss-reactive ketones (excluding diaryl/α,β-unsaturated/α-hetero) is 1. The van der Waals surface area contributed by atoms with Gasteiger partial charge in [-0.2, -0.15) is 0 Å². The maximum absolute atomic E-state index is 12.9. The predicted octanol–water partition coefficient (Wildman–Crippen LogP) is 8.63. The lowest BCUT2D eigenvalue weighted by Gasteiger charge is -2.64. The van der Waals surface area contributed by atoms with Crippen molar-refractivity contribution in [2.24, 2.45) is 50.7 Å². The van der Waals surface area contributed by atoms with Crippen molar-refractivity contribution in [1.29, 1.82) is 0 Å². The zero-order chi connectivity index (χ0) is 47.6. The Morgan fingerprint density at radius 2 is 1.64 bits per heavy atom. The molecule has 6 saturated carbocycles. The third-order valence-electron chi connectivity index (χ3n) is 22.0. The van der Waals surface area contributed by atoms with Crippen LogP contribution in [0.4, 0.5) is 0 Å². The summed E-state index contributed by atoms with van der Waals surface area (Å²) in [5, 5.41) is 70.7. The Hall–Kier alpha value is -3.36. The number of aromatic carboxylic acids is 1. The van der Waals surface area contributed by atoms with E-state index in [1.807, 2.05) is 0 Å². The van der Waals surface area contributed by atoms with E-state index in [9.17, 15) is 40.2 Å². The molecular formula is C57H72O12. The first-order valence-corrected chi connectivity index (χ1v) is 26.8. The van der Waals surface area contributed by atoms with Crippen LogP contribution in [0.25, 0.3) is 10.8 Å². The average Bonchev–Trinajstić information content (AvgIpc) is 4.15. The maximum atomic E-state index is 12.9. The summed E-state index contributed by atoms with van der Waals surface area (Å²) in [5.41, 5.74) is 3.80. The van der Waals surface area contributed by atoms with Gasteiger partial charge < -0.3 is 49.6 Å². The van der Waals surface area contributed by atoms with Crippen molar-refractivity contribution in [3.63, 3.8) is 0 Å². The third-order valence-corrected chi connectivity index (χ3v) is 22.0. The Balaban J connectivity index is 0.886. The Labute approximate surface area is 404 Å². The SMILES string of the molecule is CC(=O)c1c(C)cc2cc(C(=O)O)cc(O[C@@H]3O[C@@H]4[C@@H](O)CC[C@H]5O[C@@]4(C[C@@H]4C6=C5CC=C6[C@]5(CCO)COC[C@@H]6C[C@@]7(CC[C@@]8(CCC[C@]89CCC8(CCCC8)C9)C7)C[C@H]4[C@H]65)[C@H](O)[C@H]3O)c2c1O. The number of carboxylic acids is 1. The number of phenolic OH excluding ortho intramolecular Hbond substituents is 1. The van der Waals surface area contributed by atoms with Gasteiger partial charge in [-0.1, -0.05) is 31.4 Å². The molecule has 0 unspecified atom stereocenters. The van der Waals surface area contributed by atoms with Crippen LogP contribution >= 0.6 is 0 Å². The van der Waals surface area contributed by atoms with Crippen molar-refractivity contribution < 1.29 is 59.2 Å². The van der Waals surface area contributed by atoms with E-state index in [-0.39, 0.29) is 69.0 Å². The van der Waals surface area contributed by atoms with Crippen LogP contribution in [0.15, 0.2) is 41.0 Å². The first kappa shape index (κ1) is 45.5. The second kappa shape index (κ2) is 15.6. The Bertz CT molecular complexity index is 2570. The van der Waals surface area contributed by atoms with Crippen molar-refractivity contribution in [2.45, 2.75) is 185 Å². The quantitative estimate of drug-likeness (QED) is 0.151. The predicted molar refractivity (Wildman–Crippen MR) is 254 cm³/mol. The van der Waals surface area contributed by atoms with E-state index in [2.05, 4.69) is 6.08 Å². The number of aryl methyl sites for hydroxylation is 1. The summed E-state index contributed by atoms with van der Waals surface area (Å²) in [5.74, 6) is -1.47. The van der Waals surface area contributed by atoms with Crippen molar-refractivity contribution in [3.8, 4) is 11.5 Å². The fourth-order valence-corrected chi connectivity index (χ4v) is 19.8. The van der Waals surface area contributed by atoms with E-state index in [1.165, 1.54) is 119 Å². The van der Waals surface area contributed by atoms with Gasteiger partial charge >= 0.3 is 5.97 Å². The highest BCUT2D eigenvalue weighted by atomic mass is 16.7. The number of hydrogen-bond donors (Lipinski definition) is 6. The fourth-order valence-electron chi connectivity index (χ4n) is 19.8. The number of carboxylic acid groups (broad SMARTS) is 1. The van der Waals surface area contributed by atoms with Crippen LogP contribution in [0.3, 0.4) is 0 Å². The Morgan fingerprint density at radius 3 is 2.38 bits per heavy atom. The van der Waals surface area contributed by atoms with Crippen LogP contribution in [0, 0.1) is 57.7 Å². The number of phenols is 1. The van der Waals surface area contributed by atoms with Gasteiger partial charge in [0, 0.05) is 18.6 Å². The number of carbonyl (C=O) groups is 2. The summed E-state index contributed by atoms with van der Waals surface area (Å²) in [6.07, 6.45) is 17.1. The maximum Gasteiger partial charge on any atom is 0.335 e. The molecule has 13 rings (SSSR count). The molecule has 12 nitrogen and oxygen atoms in total. The number of allylic oxidation sites excluding steroid dienone is 2. The van der Waals surface area contributed by atoms with E-state index in [0.717, 1.165) is 12.8 Å². The van der Waals surface area contributed by atoms with E-state index in [1.54, 1.807) is 13.0 Å². The van der Waals surface area contributed by atoms with Gasteiger partial charge in [0.25, 0.3) is 0 Å². The molecule has 5 spiro atoms. The molecule has 2 bridgehead atoms. The standard InChI is InChI=1S/C57H72O12/c1-30-20-32-21-33(50(64)65)22-41(43(32)46(61)42(30)31(2)59)67-51-47(62)48(63)57-25-36-37-24-53(15-17-55(28-53)13-5-12-54(55)16-14-52(27-54)10-3-4-11-52)23-34-26-66-29-56(18-19-58,45(34)37)38-7-6-35(44(36)38)40(69-57)9-8-39(60)49(57)68-51/h7,20-22,34,36-37,39-40,45,47-49,51,58,60-63H,3-6,8-19,23-29H2,1-2H3,(H,64,65)/t34-,36-,37+,39-,40+,45-,47+,48+,49+,51+,53-,54+,55-,56-,57-/m0/s1. The summed E-state index contributed by atoms with van der Waals surface area (Å²) < 4.78 is 27.3. The van der Waals surface area contributed by atoms with Crippen molar-refractivity contribution in [2.75, 3.05) is 19.8 Å². The monoisotopic (exact) mass is 949 g/mol. The number of hydrogen-bond acceptors (Lipinski definition) is 11. The van der Waals surface area contributed by atoms with Gasteiger partial charge in [0.1, 0.15) is 35.4 Å². The van der Waals surface area contributed by atoms with E-state index in [4.69, 9.17) is 18.9 Å². The van der Waals surface area contributed by atoms with Gasteiger partial charge in [0.15, 0.2) is 5.78 Å². The van der Waals surface area contributed by atoms with E-state index < -0.39 is 48.4 Å². The average molecular weight is 949 g/mol. The van der Waals surface area contributed by atoms with Gasteiger partial charge in [-0.05, 0) is 208 Å². The number of aromatic hydroxyl groups is 1. The molecule has 9 fully saturated rings. The molecule has 3 saturated heterocycles. The summed E-state index contributed by atoms with van der Waals surface area (Å²) >= 11 is 0. The number of ether oxygens (including phenoxy) is 4. The van der Waals surface area contributed by atoms with E-state index in [0.29, 0.717) is 78.4 Å². The molecule has 2 aromatic rings. The largest absolute Gasteiger partial charge is 0.506 e. The van der Waals surface area contributed by atoms with Gasteiger partial charge in [-0.3, -0.25) is 4.79 Å². The van der Waals surface area contributed by atoms with Crippen LogP contribution in [0.1, 0.15) is 162 Å². The minimum atomic E-state index is -1.72. The smallest absolute Gasteiger partial charge is 0.335 e. The number of ketones is 1. The highest BCUT2D eigenvalue weighted by molar-refractivity contribution is 6.08. The normalized spacial score (nSPS) is 44.6. The lowest BCUT2D eigenvalue weighted by atomic mass is 9.42. The summed E-state index contributed by atoms with van der Waals surface area (Å²) in [6.45, 7) is 4.35. The first-order valence-electron chi connectivity index (χ1n) is 26.8. The van der Waals surface area contributed by atoms with Gasteiger partial charge in [0.05, 0.1) is 35.3 Å². The zero-order valence-corrected chi connectivity index (χ0v) is 40.5. The number of aliphatic hydroxyl groups excluding tert-OH is 4. The molecule has 7 aliphatic carbocycles. The highest BCUT2D eigenvalue weighted by Gasteiger charge is 2.71. The van der Waals surface area contributed by atoms with Gasteiger partial charge in [-0.25, -0.2) is 4.79 Å². The summed E-state index contributed by atoms with van der Waals surface area (Å²) in [6, 6.07) is 4.23. The van der Waals surface area contributed by atoms with Crippen LogP contribution in [-0.4, -0.2) is 105 Å².